The van der Waals surface area contributed by atoms with Crippen molar-refractivity contribution < 1.29 is 18.7 Å². The van der Waals surface area contributed by atoms with Gasteiger partial charge in [-0.05, 0) is 54.7 Å². The van der Waals surface area contributed by atoms with E-state index in [1.807, 2.05) is 12.1 Å². The molecule has 3 N–H and O–H groups in total. The lowest BCUT2D eigenvalue weighted by molar-refractivity contribution is 0.0997. The predicted molar refractivity (Wildman–Crippen MR) is 129 cm³/mol. The Morgan fingerprint density at radius 1 is 1.17 bits per heavy atom. The van der Waals surface area contributed by atoms with Crippen molar-refractivity contribution in [2.45, 2.75) is 37.9 Å². The summed E-state index contributed by atoms with van der Waals surface area (Å²) in [6.07, 6.45) is 1.73. The van der Waals surface area contributed by atoms with E-state index in [4.69, 9.17) is 22.1 Å². The van der Waals surface area contributed by atoms with Crippen LogP contribution in [0.4, 0.5) is 9.18 Å². The van der Waals surface area contributed by atoms with E-state index in [2.05, 4.69) is 22.5 Å². The molecule has 3 aromatic rings. The number of primary amides is 1. The van der Waals surface area contributed by atoms with Crippen molar-refractivity contribution in [2.24, 2.45) is 5.73 Å². The zero-order valence-electron chi connectivity index (χ0n) is 19.1. The van der Waals surface area contributed by atoms with Crippen molar-refractivity contribution in [1.29, 1.82) is 0 Å². The third-order valence-corrected chi connectivity index (χ3v) is 7.05. The van der Waals surface area contributed by atoms with E-state index in [0.29, 0.717) is 36.0 Å². The van der Waals surface area contributed by atoms with E-state index in [0.717, 1.165) is 18.6 Å². The number of amides is 3. The number of nitrogens with one attached hydrogen (secondary N) is 1. The second-order valence-corrected chi connectivity index (χ2v) is 9.30. The van der Waals surface area contributed by atoms with Crippen LogP contribution in [0.5, 0.6) is 5.75 Å². The van der Waals surface area contributed by atoms with Crippen LogP contribution in [0.3, 0.4) is 0 Å². The van der Waals surface area contributed by atoms with Crippen LogP contribution in [0.2, 0.25) is 5.02 Å². The Morgan fingerprint density at radius 2 is 1.91 bits per heavy atom. The molecule has 0 bridgehead atoms. The molecule has 10 heteroatoms. The molecule has 2 aliphatic rings. The molecule has 1 saturated carbocycles. The highest BCUT2D eigenvalue weighted by Crippen LogP contribution is 2.37. The van der Waals surface area contributed by atoms with Gasteiger partial charge in [0.2, 0.25) is 0 Å². The highest BCUT2D eigenvalue weighted by atomic mass is 35.5. The second kappa shape index (κ2) is 9.22. The summed E-state index contributed by atoms with van der Waals surface area (Å²) in [5, 5.41) is 7.54. The van der Waals surface area contributed by atoms with Crippen LogP contribution in [0.15, 0.2) is 42.5 Å². The summed E-state index contributed by atoms with van der Waals surface area (Å²) in [6.45, 7) is 1.05. The maximum Gasteiger partial charge on any atom is 0.318 e. The highest BCUT2D eigenvalue weighted by molar-refractivity contribution is 6.31. The number of rotatable bonds is 5. The van der Waals surface area contributed by atoms with Gasteiger partial charge in [-0.1, -0.05) is 23.7 Å². The molecule has 0 atom stereocenters. The summed E-state index contributed by atoms with van der Waals surface area (Å²) >= 11 is 5.93. The number of fused-ring (bicyclic) bond motifs is 1. The summed E-state index contributed by atoms with van der Waals surface area (Å²) in [5.74, 6) is 0.00203. The van der Waals surface area contributed by atoms with E-state index in [1.54, 1.807) is 16.7 Å². The van der Waals surface area contributed by atoms with Crippen LogP contribution in [-0.2, 0) is 13.1 Å². The Hall–Kier alpha value is -3.59. The number of benzene rings is 2. The Bertz CT molecular complexity index is 1290. The Morgan fingerprint density at radius 3 is 2.57 bits per heavy atom. The van der Waals surface area contributed by atoms with Crippen molar-refractivity contribution in [3.05, 3.63) is 70.1 Å². The Labute approximate surface area is 206 Å². The fraction of sp³-hybridized carbons (Fsp3) is 0.320. The molecule has 1 aliphatic carbocycles. The normalized spacial score (nSPS) is 19.0. The molecule has 0 saturated heterocycles. The Kier molecular flexibility index (Phi) is 6.10. The lowest BCUT2D eigenvalue weighted by Gasteiger charge is -2.38. The first-order valence-corrected chi connectivity index (χ1v) is 11.8. The van der Waals surface area contributed by atoms with Gasteiger partial charge in [0.1, 0.15) is 17.3 Å². The minimum atomic E-state index is -0.662. The van der Waals surface area contributed by atoms with Gasteiger partial charge in [-0.2, -0.15) is 5.10 Å². The van der Waals surface area contributed by atoms with Crippen LogP contribution in [0.25, 0.3) is 11.3 Å². The molecule has 3 amide bonds. The number of methoxy groups -OCH3 is 1. The molecule has 35 heavy (non-hydrogen) atoms. The quantitative estimate of drug-likeness (QED) is 0.557. The van der Waals surface area contributed by atoms with E-state index < -0.39 is 11.7 Å². The zero-order valence-corrected chi connectivity index (χ0v) is 19.9. The fourth-order valence-electron chi connectivity index (χ4n) is 4.75. The molecule has 182 valence electrons. The Balaban J connectivity index is 1.26. The molecule has 2 aromatic carbocycles. The van der Waals surface area contributed by atoms with Gasteiger partial charge in [-0.15, -0.1) is 0 Å². The SMILES string of the molecule is COc1ccc(C2CC(NC(=O)N3CCn4nc(-c5ccc(F)c(Cl)c5)c(C(N)=O)c4C3)C2)cc1. The number of aromatic nitrogens is 2. The van der Waals surface area contributed by atoms with Crippen molar-refractivity contribution in [2.75, 3.05) is 13.7 Å². The number of halogens is 2. The number of urea groups is 1. The van der Waals surface area contributed by atoms with Crippen molar-refractivity contribution in [3.8, 4) is 17.0 Å². The third kappa shape index (κ3) is 4.43. The minimum absolute atomic E-state index is 0.0710. The third-order valence-electron chi connectivity index (χ3n) is 6.76. The summed E-state index contributed by atoms with van der Waals surface area (Å²) in [6, 6.07) is 12.1. The number of nitrogens with zero attached hydrogens (tertiary/aromatic N) is 3. The summed E-state index contributed by atoms with van der Waals surface area (Å²) in [5.41, 5.74) is 8.51. The lowest BCUT2D eigenvalue weighted by Crippen LogP contribution is -2.51. The monoisotopic (exact) mass is 497 g/mol. The zero-order chi connectivity index (χ0) is 24.7. The number of ether oxygens (including phenoxy) is 1. The molecule has 8 nitrogen and oxygen atoms in total. The van der Waals surface area contributed by atoms with Gasteiger partial charge in [0.25, 0.3) is 5.91 Å². The topological polar surface area (TPSA) is 102 Å². The number of carbonyl (C=O) groups excluding carboxylic acids is 2. The molecule has 0 spiro atoms. The van der Waals surface area contributed by atoms with Gasteiger partial charge < -0.3 is 20.7 Å². The van der Waals surface area contributed by atoms with Gasteiger partial charge in [0.05, 0.1) is 36.5 Å². The smallest absolute Gasteiger partial charge is 0.318 e. The van der Waals surface area contributed by atoms with Crippen LogP contribution in [-0.4, -0.2) is 46.3 Å². The van der Waals surface area contributed by atoms with Gasteiger partial charge in [-0.25, -0.2) is 9.18 Å². The average Bonchev–Trinajstić information content (AvgIpc) is 3.22. The van der Waals surface area contributed by atoms with Gasteiger partial charge in [0.15, 0.2) is 0 Å². The molecule has 2 heterocycles. The number of carbonyl (C=O) groups is 2. The molecule has 1 aromatic heterocycles. The molecule has 0 unspecified atom stereocenters. The van der Waals surface area contributed by atoms with Crippen LogP contribution in [0, 0.1) is 5.82 Å². The van der Waals surface area contributed by atoms with E-state index in [9.17, 15) is 14.0 Å². The molecule has 1 fully saturated rings. The predicted octanol–water partition coefficient (Wildman–Crippen LogP) is 3.92. The largest absolute Gasteiger partial charge is 0.497 e. The van der Waals surface area contributed by atoms with Crippen LogP contribution >= 0.6 is 11.6 Å². The number of hydrogen-bond donors (Lipinski definition) is 2. The fourth-order valence-corrected chi connectivity index (χ4v) is 4.93. The van der Waals surface area contributed by atoms with E-state index in [1.165, 1.54) is 23.8 Å². The van der Waals surface area contributed by atoms with Gasteiger partial charge >= 0.3 is 6.03 Å². The highest BCUT2D eigenvalue weighted by Gasteiger charge is 2.34. The average molecular weight is 498 g/mol. The van der Waals surface area contributed by atoms with Crippen LogP contribution < -0.4 is 15.8 Å². The first-order chi connectivity index (χ1) is 16.8. The maximum absolute atomic E-state index is 13.6. The van der Waals surface area contributed by atoms with Crippen LogP contribution in [0.1, 0.15) is 40.4 Å². The summed E-state index contributed by atoms with van der Waals surface area (Å²) in [4.78, 5) is 27.0. The van der Waals surface area contributed by atoms with E-state index in [-0.39, 0.29) is 29.2 Å². The summed E-state index contributed by atoms with van der Waals surface area (Å²) in [7, 11) is 1.64. The molecular formula is C25H25ClFN5O3. The standard InChI is InChI=1S/C25H25ClFN5O3/c1-35-18-5-2-14(3-6-18)16-10-17(11-16)29-25(34)31-8-9-32-21(13-31)22(24(28)33)23(30-32)15-4-7-20(27)19(26)12-15/h2-7,12,16-17H,8-11,13H2,1H3,(H2,28,33)(H,29,34). The molecule has 5 rings (SSSR count). The lowest BCUT2D eigenvalue weighted by atomic mass is 9.76. The number of nitrogens with two attached hydrogens (primary N) is 1. The number of hydrogen-bond acceptors (Lipinski definition) is 4. The first-order valence-electron chi connectivity index (χ1n) is 11.4. The second-order valence-electron chi connectivity index (χ2n) is 8.90. The summed E-state index contributed by atoms with van der Waals surface area (Å²) < 4.78 is 20.5. The minimum Gasteiger partial charge on any atom is -0.497 e. The first kappa shape index (κ1) is 23.2. The molecule has 0 radical (unpaired) electrons. The maximum atomic E-state index is 13.6. The van der Waals surface area contributed by atoms with Crippen molar-refractivity contribution in [1.82, 2.24) is 20.0 Å². The van der Waals surface area contributed by atoms with Crippen molar-refractivity contribution >= 4 is 23.5 Å². The van der Waals surface area contributed by atoms with Gasteiger partial charge in [-0.3, -0.25) is 9.48 Å². The van der Waals surface area contributed by atoms with Gasteiger partial charge in [0, 0.05) is 18.2 Å². The molecule has 1 aliphatic heterocycles. The molecular weight excluding hydrogens is 473 g/mol. The van der Waals surface area contributed by atoms with Crippen molar-refractivity contribution in [3.63, 3.8) is 0 Å². The van der Waals surface area contributed by atoms with E-state index >= 15 is 0 Å².